The van der Waals surface area contributed by atoms with Crippen molar-refractivity contribution in [2.24, 2.45) is 17.4 Å². The number of benzene rings is 1. The van der Waals surface area contributed by atoms with Gasteiger partial charge >= 0.3 is 0 Å². The minimum absolute atomic E-state index is 0.0290. The number of hydrogen-bond donors (Lipinski definition) is 2. The molecule has 2 rings (SSSR count). The van der Waals surface area contributed by atoms with E-state index in [1.165, 1.54) is 0 Å². The van der Waals surface area contributed by atoms with E-state index < -0.39 is 0 Å². The molecule has 4 heteroatoms. The summed E-state index contributed by atoms with van der Waals surface area (Å²) >= 11 is 0. The maximum atomic E-state index is 10.9. The summed E-state index contributed by atoms with van der Waals surface area (Å²) in [5.41, 5.74) is 12.5. The van der Waals surface area contributed by atoms with Crippen LogP contribution in [0.25, 0.3) is 12.3 Å². The van der Waals surface area contributed by atoms with Gasteiger partial charge in [-0.25, -0.2) is 0 Å². The van der Waals surface area contributed by atoms with Gasteiger partial charge in [-0.1, -0.05) is 18.2 Å². The van der Waals surface area contributed by atoms with Crippen molar-refractivity contribution in [1.82, 2.24) is 0 Å². The van der Waals surface area contributed by atoms with Crippen LogP contribution in [-0.4, -0.2) is 25.5 Å². The summed E-state index contributed by atoms with van der Waals surface area (Å²) in [6.45, 7) is 1.67. The molecule has 1 atom stereocenters. The molecule has 1 unspecified atom stereocenters. The fourth-order valence-electron chi connectivity index (χ4n) is 2.63. The molecule has 4 N–H and O–H groups in total. The lowest BCUT2D eigenvalue weighted by Gasteiger charge is -2.23. The molecule has 0 spiro atoms. The van der Waals surface area contributed by atoms with E-state index in [1.807, 2.05) is 18.2 Å². The van der Waals surface area contributed by atoms with Crippen LogP contribution in [0, 0.1) is 5.92 Å². The standard InChI is InChI=1S/C16H22N2O2/c17-10-14-2-1-13(11-19)7-15(14)9-16(18)8-12-3-5-20-6-4-12/h1-2,7,9-12,16H,3-6,8,17-18H2/b14-10-,15-9-. The van der Waals surface area contributed by atoms with Crippen LogP contribution in [0.5, 0.6) is 0 Å². The third-order valence-electron chi connectivity index (χ3n) is 3.77. The van der Waals surface area contributed by atoms with E-state index in [0.29, 0.717) is 11.5 Å². The quantitative estimate of drug-likeness (QED) is 0.765. The predicted molar refractivity (Wildman–Crippen MR) is 80.3 cm³/mol. The Morgan fingerprint density at radius 1 is 1.30 bits per heavy atom. The minimum atomic E-state index is -0.0290. The zero-order valence-electron chi connectivity index (χ0n) is 11.6. The Balaban J connectivity index is 2.18. The SMILES string of the molecule is N/C=c1/ccc(C=O)c/c1=C/C(N)CC1CCOCC1. The summed E-state index contributed by atoms with van der Waals surface area (Å²) in [7, 11) is 0. The topological polar surface area (TPSA) is 78.3 Å². The molecular weight excluding hydrogens is 252 g/mol. The zero-order valence-corrected chi connectivity index (χ0v) is 11.6. The minimum Gasteiger partial charge on any atom is -0.404 e. The molecule has 1 aliphatic heterocycles. The van der Waals surface area contributed by atoms with Crippen molar-refractivity contribution in [3.05, 3.63) is 34.2 Å². The molecule has 1 fully saturated rings. The molecule has 4 nitrogen and oxygen atoms in total. The lowest BCUT2D eigenvalue weighted by molar-refractivity contribution is 0.0634. The molecule has 0 bridgehead atoms. The van der Waals surface area contributed by atoms with E-state index in [4.69, 9.17) is 16.2 Å². The number of aldehydes is 1. The lowest BCUT2D eigenvalue weighted by Crippen LogP contribution is -2.32. The average molecular weight is 274 g/mol. The van der Waals surface area contributed by atoms with Crippen LogP contribution in [0.2, 0.25) is 0 Å². The maximum Gasteiger partial charge on any atom is 0.150 e. The fraction of sp³-hybridized carbons (Fsp3) is 0.438. The van der Waals surface area contributed by atoms with E-state index in [-0.39, 0.29) is 6.04 Å². The van der Waals surface area contributed by atoms with E-state index in [2.05, 4.69) is 0 Å². The van der Waals surface area contributed by atoms with Gasteiger partial charge in [0.2, 0.25) is 0 Å². The molecule has 0 aliphatic carbocycles. The predicted octanol–water partition coefficient (Wildman–Crippen LogP) is 0.120. The molecule has 0 amide bonds. The Bertz CT molecular complexity index is 562. The lowest BCUT2D eigenvalue weighted by atomic mass is 9.92. The highest BCUT2D eigenvalue weighted by molar-refractivity contribution is 5.74. The molecule has 0 aromatic heterocycles. The van der Waals surface area contributed by atoms with E-state index in [0.717, 1.165) is 49.2 Å². The maximum absolute atomic E-state index is 10.9. The second-order valence-corrected chi connectivity index (χ2v) is 5.29. The number of hydrogen-bond acceptors (Lipinski definition) is 4. The van der Waals surface area contributed by atoms with Gasteiger partial charge in [0.15, 0.2) is 0 Å². The second-order valence-electron chi connectivity index (χ2n) is 5.29. The smallest absolute Gasteiger partial charge is 0.150 e. The van der Waals surface area contributed by atoms with Gasteiger partial charge in [0, 0.05) is 31.0 Å². The molecule has 108 valence electrons. The Hall–Kier alpha value is -1.65. The van der Waals surface area contributed by atoms with Crippen LogP contribution in [0.1, 0.15) is 29.6 Å². The van der Waals surface area contributed by atoms with Gasteiger partial charge in [0.25, 0.3) is 0 Å². The van der Waals surface area contributed by atoms with Crippen LogP contribution in [0.15, 0.2) is 18.2 Å². The van der Waals surface area contributed by atoms with Gasteiger partial charge in [-0.3, -0.25) is 4.79 Å². The number of rotatable bonds is 4. The highest BCUT2D eigenvalue weighted by atomic mass is 16.5. The van der Waals surface area contributed by atoms with Crippen LogP contribution in [0.4, 0.5) is 0 Å². The first-order valence-corrected chi connectivity index (χ1v) is 7.05. The van der Waals surface area contributed by atoms with Crippen molar-refractivity contribution in [2.75, 3.05) is 13.2 Å². The van der Waals surface area contributed by atoms with Crippen molar-refractivity contribution in [2.45, 2.75) is 25.3 Å². The van der Waals surface area contributed by atoms with Gasteiger partial charge in [-0.05, 0) is 41.7 Å². The van der Waals surface area contributed by atoms with Crippen molar-refractivity contribution in [1.29, 1.82) is 0 Å². The molecule has 0 radical (unpaired) electrons. The molecule has 20 heavy (non-hydrogen) atoms. The summed E-state index contributed by atoms with van der Waals surface area (Å²) < 4.78 is 5.35. The Kier molecular flexibility index (Phi) is 5.32. The monoisotopic (exact) mass is 274 g/mol. The van der Waals surface area contributed by atoms with Gasteiger partial charge in [-0.15, -0.1) is 0 Å². The first kappa shape index (κ1) is 14.8. The first-order valence-electron chi connectivity index (χ1n) is 7.05. The zero-order chi connectivity index (χ0) is 14.4. The highest BCUT2D eigenvalue weighted by Crippen LogP contribution is 2.19. The molecule has 1 saturated heterocycles. The van der Waals surface area contributed by atoms with Crippen molar-refractivity contribution in [3.63, 3.8) is 0 Å². The van der Waals surface area contributed by atoms with Gasteiger partial charge in [-0.2, -0.15) is 0 Å². The summed E-state index contributed by atoms with van der Waals surface area (Å²) in [4.78, 5) is 10.9. The Morgan fingerprint density at radius 3 is 2.70 bits per heavy atom. The molecule has 1 heterocycles. The third kappa shape index (κ3) is 3.92. The number of carbonyl (C=O) groups excluding carboxylic acids is 1. The molecule has 0 saturated carbocycles. The largest absolute Gasteiger partial charge is 0.404 e. The molecule has 1 aliphatic rings. The van der Waals surface area contributed by atoms with Gasteiger partial charge < -0.3 is 16.2 Å². The van der Waals surface area contributed by atoms with Crippen LogP contribution >= 0.6 is 0 Å². The average Bonchev–Trinajstić information content (AvgIpc) is 2.48. The Labute approximate surface area is 119 Å². The normalized spacial score (nSPS) is 20.1. The summed E-state index contributed by atoms with van der Waals surface area (Å²) in [6.07, 6.45) is 7.47. The molecule has 1 aromatic rings. The number of nitrogens with two attached hydrogens (primary N) is 2. The highest BCUT2D eigenvalue weighted by Gasteiger charge is 2.15. The van der Waals surface area contributed by atoms with Crippen molar-refractivity contribution < 1.29 is 9.53 Å². The summed E-state index contributed by atoms with van der Waals surface area (Å²) in [6, 6.07) is 5.40. The van der Waals surface area contributed by atoms with Gasteiger partial charge in [0.05, 0.1) is 0 Å². The van der Waals surface area contributed by atoms with E-state index in [9.17, 15) is 4.79 Å². The van der Waals surface area contributed by atoms with Crippen LogP contribution in [-0.2, 0) is 4.74 Å². The first-order chi connectivity index (χ1) is 9.72. The fourth-order valence-corrected chi connectivity index (χ4v) is 2.63. The van der Waals surface area contributed by atoms with Crippen LogP contribution in [0.3, 0.4) is 0 Å². The number of carbonyl (C=O) groups is 1. The molecule has 1 aromatic carbocycles. The number of ether oxygens (including phenoxy) is 1. The van der Waals surface area contributed by atoms with Crippen molar-refractivity contribution in [3.8, 4) is 0 Å². The van der Waals surface area contributed by atoms with Crippen LogP contribution < -0.4 is 21.9 Å². The summed E-state index contributed by atoms with van der Waals surface area (Å²) in [5.74, 6) is 0.620. The van der Waals surface area contributed by atoms with E-state index >= 15 is 0 Å². The Morgan fingerprint density at radius 2 is 2.05 bits per heavy atom. The summed E-state index contributed by atoms with van der Waals surface area (Å²) in [5, 5.41) is 1.83. The third-order valence-corrected chi connectivity index (χ3v) is 3.77. The van der Waals surface area contributed by atoms with Gasteiger partial charge in [0.1, 0.15) is 6.29 Å². The van der Waals surface area contributed by atoms with Crippen molar-refractivity contribution >= 4 is 18.6 Å². The second kappa shape index (κ2) is 7.22. The molecular formula is C16H22N2O2. The van der Waals surface area contributed by atoms with E-state index in [1.54, 1.807) is 12.3 Å².